The Hall–Kier alpha value is -1.85. The van der Waals surface area contributed by atoms with Gasteiger partial charge in [0.25, 0.3) is 0 Å². The largest absolute Gasteiger partial charge is 0.481 e. The minimum atomic E-state index is -0.845. The van der Waals surface area contributed by atoms with Crippen LogP contribution in [0.4, 0.5) is 5.82 Å². The molecule has 2 N–H and O–H groups in total. The van der Waals surface area contributed by atoms with Crippen molar-refractivity contribution in [3.8, 4) is 5.88 Å². The summed E-state index contributed by atoms with van der Waals surface area (Å²) >= 11 is 0. The molecule has 0 radical (unpaired) electrons. The molecule has 0 saturated heterocycles. The Morgan fingerprint density at radius 3 is 2.69 bits per heavy atom. The number of aromatic nitrogens is 2. The number of carboxylic acids is 1. The van der Waals surface area contributed by atoms with Crippen molar-refractivity contribution < 1.29 is 14.6 Å². The van der Waals surface area contributed by atoms with Crippen LogP contribution >= 0.6 is 0 Å². The van der Waals surface area contributed by atoms with Gasteiger partial charge in [-0.15, -0.1) is 0 Å². The predicted octanol–water partition coefficient (Wildman–Crippen LogP) is 0.989. The molecule has 0 bridgehead atoms. The van der Waals surface area contributed by atoms with Gasteiger partial charge >= 0.3 is 5.97 Å². The van der Waals surface area contributed by atoms with Crippen LogP contribution in [0.3, 0.4) is 0 Å². The lowest BCUT2D eigenvalue weighted by atomic mass is 10.3. The van der Waals surface area contributed by atoms with E-state index in [-0.39, 0.29) is 6.42 Å². The predicted molar refractivity (Wildman–Crippen MR) is 58.8 cm³/mol. The van der Waals surface area contributed by atoms with E-state index in [0.717, 1.165) is 5.56 Å². The maximum Gasteiger partial charge on any atom is 0.305 e. The SMILES string of the molecule is COc1nc(C)nc(NCCC(=O)O)c1C. The topological polar surface area (TPSA) is 84.3 Å². The maximum atomic E-state index is 10.4. The molecule has 0 unspecified atom stereocenters. The molecular weight excluding hydrogens is 210 g/mol. The zero-order valence-electron chi connectivity index (χ0n) is 9.57. The van der Waals surface area contributed by atoms with Gasteiger partial charge in [-0.05, 0) is 13.8 Å². The van der Waals surface area contributed by atoms with Crippen LogP contribution in [0.5, 0.6) is 5.88 Å². The fraction of sp³-hybridized carbons (Fsp3) is 0.500. The van der Waals surface area contributed by atoms with Crippen LogP contribution in [0.1, 0.15) is 17.8 Å². The molecule has 1 aromatic rings. The zero-order valence-corrected chi connectivity index (χ0v) is 9.57. The highest BCUT2D eigenvalue weighted by Gasteiger charge is 2.09. The number of methoxy groups -OCH3 is 1. The number of hydrogen-bond acceptors (Lipinski definition) is 5. The van der Waals surface area contributed by atoms with Gasteiger partial charge in [0.05, 0.1) is 19.1 Å². The van der Waals surface area contributed by atoms with E-state index < -0.39 is 5.97 Å². The summed E-state index contributed by atoms with van der Waals surface area (Å²) in [7, 11) is 1.54. The summed E-state index contributed by atoms with van der Waals surface area (Å²) in [6, 6.07) is 0. The molecule has 1 heterocycles. The third-order valence-electron chi connectivity index (χ3n) is 2.04. The average Bonchev–Trinajstić information content (AvgIpc) is 2.22. The van der Waals surface area contributed by atoms with Gasteiger partial charge in [-0.1, -0.05) is 0 Å². The first-order chi connectivity index (χ1) is 7.54. The number of hydrogen-bond donors (Lipinski definition) is 2. The summed E-state index contributed by atoms with van der Waals surface area (Å²) in [5.41, 5.74) is 0.776. The van der Waals surface area contributed by atoms with Crippen LogP contribution in [0.25, 0.3) is 0 Å². The van der Waals surface area contributed by atoms with Crippen LogP contribution in [-0.2, 0) is 4.79 Å². The number of rotatable bonds is 5. The lowest BCUT2D eigenvalue weighted by Crippen LogP contribution is -2.11. The molecule has 0 aliphatic carbocycles. The highest BCUT2D eigenvalue weighted by Crippen LogP contribution is 2.21. The number of nitrogens with zero attached hydrogens (tertiary/aromatic N) is 2. The highest BCUT2D eigenvalue weighted by atomic mass is 16.5. The first kappa shape index (κ1) is 12.2. The number of aryl methyl sites for hydroxylation is 1. The minimum Gasteiger partial charge on any atom is -0.481 e. The monoisotopic (exact) mass is 225 g/mol. The van der Waals surface area contributed by atoms with Gasteiger partial charge in [0.15, 0.2) is 0 Å². The zero-order chi connectivity index (χ0) is 12.1. The third-order valence-corrected chi connectivity index (χ3v) is 2.04. The summed E-state index contributed by atoms with van der Waals surface area (Å²) in [4.78, 5) is 18.7. The number of ether oxygens (including phenoxy) is 1. The number of anilines is 1. The molecule has 16 heavy (non-hydrogen) atoms. The number of nitrogens with one attached hydrogen (secondary N) is 1. The van der Waals surface area contributed by atoms with Gasteiger partial charge in [0.2, 0.25) is 5.88 Å². The van der Waals surface area contributed by atoms with E-state index in [2.05, 4.69) is 15.3 Å². The molecule has 0 fully saturated rings. The van der Waals surface area contributed by atoms with Crippen LogP contribution in [-0.4, -0.2) is 34.7 Å². The molecule has 0 spiro atoms. The second kappa shape index (κ2) is 5.29. The minimum absolute atomic E-state index is 0.0464. The smallest absolute Gasteiger partial charge is 0.305 e. The van der Waals surface area contributed by atoms with Gasteiger partial charge in [-0.2, -0.15) is 4.98 Å². The van der Waals surface area contributed by atoms with E-state index in [1.54, 1.807) is 6.92 Å². The van der Waals surface area contributed by atoms with Crippen molar-refractivity contribution >= 4 is 11.8 Å². The lowest BCUT2D eigenvalue weighted by molar-refractivity contribution is -0.136. The van der Waals surface area contributed by atoms with Crippen LogP contribution < -0.4 is 10.1 Å². The van der Waals surface area contributed by atoms with E-state index in [1.807, 2.05) is 6.92 Å². The van der Waals surface area contributed by atoms with E-state index in [4.69, 9.17) is 9.84 Å². The summed E-state index contributed by atoms with van der Waals surface area (Å²) in [6.07, 6.45) is 0.0464. The first-order valence-corrected chi connectivity index (χ1v) is 4.89. The van der Waals surface area contributed by atoms with Crippen LogP contribution in [0, 0.1) is 13.8 Å². The normalized spacial score (nSPS) is 9.94. The average molecular weight is 225 g/mol. The van der Waals surface area contributed by atoms with Crippen molar-refractivity contribution in [1.82, 2.24) is 9.97 Å². The van der Waals surface area contributed by atoms with E-state index in [1.165, 1.54) is 7.11 Å². The fourth-order valence-corrected chi connectivity index (χ4v) is 1.26. The van der Waals surface area contributed by atoms with Crippen molar-refractivity contribution in [1.29, 1.82) is 0 Å². The standard InChI is InChI=1S/C10H15N3O3/c1-6-9(11-5-4-8(14)15)12-7(2)13-10(6)16-3/h4-5H2,1-3H3,(H,14,15)(H,11,12,13). The Kier molecular flexibility index (Phi) is 4.04. The summed E-state index contributed by atoms with van der Waals surface area (Å²) in [6.45, 7) is 3.90. The Morgan fingerprint density at radius 1 is 1.44 bits per heavy atom. The number of carboxylic acid groups (broad SMARTS) is 1. The van der Waals surface area contributed by atoms with Crippen LogP contribution in [0.15, 0.2) is 0 Å². The Morgan fingerprint density at radius 2 is 2.12 bits per heavy atom. The molecule has 6 nitrogen and oxygen atoms in total. The van der Waals surface area contributed by atoms with Gasteiger partial charge in [-0.3, -0.25) is 4.79 Å². The molecule has 0 aliphatic heterocycles. The van der Waals surface area contributed by atoms with Crippen molar-refractivity contribution in [2.45, 2.75) is 20.3 Å². The molecule has 88 valence electrons. The van der Waals surface area contributed by atoms with E-state index in [0.29, 0.717) is 24.1 Å². The Labute approximate surface area is 93.7 Å². The molecule has 1 aromatic heterocycles. The van der Waals surface area contributed by atoms with E-state index >= 15 is 0 Å². The molecule has 0 saturated carbocycles. The maximum absolute atomic E-state index is 10.4. The van der Waals surface area contributed by atoms with E-state index in [9.17, 15) is 4.79 Å². The van der Waals surface area contributed by atoms with Crippen molar-refractivity contribution in [3.63, 3.8) is 0 Å². The second-order valence-electron chi connectivity index (χ2n) is 3.32. The summed E-state index contributed by atoms with van der Waals surface area (Å²) in [5, 5.41) is 11.5. The van der Waals surface area contributed by atoms with Crippen LogP contribution in [0.2, 0.25) is 0 Å². The van der Waals surface area contributed by atoms with Crippen molar-refractivity contribution in [2.24, 2.45) is 0 Å². The molecule has 0 atom stereocenters. The highest BCUT2D eigenvalue weighted by molar-refractivity contribution is 5.67. The number of aliphatic carboxylic acids is 1. The first-order valence-electron chi connectivity index (χ1n) is 4.89. The quantitative estimate of drug-likeness (QED) is 0.777. The third kappa shape index (κ3) is 3.08. The number of carbonyl (C=O) groups is 1. The summed E-state index contributed by atoms with van der Waals surface area (Å²) < 4.78 is 5.09. The van der Waals surface area contributed by atoms with Crippen molar-refractivity contribution in [3.05, 3.63) is 11.4 Å². The van der Waals surface area contributed by atoms with Gasteiger partial charge in [0, 0.05) is 6.54 Å². The molecule has 0 aromatic carbocycles. The van der Waals surface area contributed by atoms with Gasteiger partial charge in [0.1, 0.15) is 11.6 Å². The van der Waals surface area contributed by atoms with Gasteiger partial charge in [-0.25, -0.2) is 4.98 Å². The van der Waals surface area contributed by atoms with Crippen molar-refractivity contribution in [2.75, 3.05) is 19.0 Å². The molecule has 6 heteroatoms. The second-order valence-corrected chi connectivity index (χ2v) is 3.32. The molecular formula is C10H15N3O3. The summed E-state index contributed by atoms with van der Waals surface area (Å²) in [5.74, 6) is 0.860. The Bertz CT molecular complexity index is 393. The lowest BCUT2D eigenvalue weighted by Gasteiger charge is -2.11. The molecule has 0 aliphatic rings. The molecule has 1 rings (SSSR count). The molecule has 0 amide bonds. The van der Waals surface area contributed by atoms with Gasteiger partial charge < -0.3 is 15.2 Å². The fourth-order valence-electron chi connectivity index (χ4n) is 1.26. The Balaban J connectivity index is 2.78.